The van der Waals surface area contributed by atoms with Gasteiger partial charge in [0.25, 0.3) is 5.91 Å². The van der Waals surface area contributed by atoms with Gasteiger partial charge in [-0.05, 0) is 56.2 Å². The standard InChI is InChI=1S/C27H29N3O2/c1-21-13-15-23(16-14-21)32-20-8-7-19-30-25-12-6-5-11-24(25)29-26(30)17-18-28-27(31)22-9-3-2-4-10-22/h2-6,9-16H,7-8,17-20H2,1H3,(H,28,31). The lowest BCUT2D eigenvalue weighted by Crippen LogP contribution is -2.26. The maximum Gasteiger partial charge on any atom is 0.251 e. The number of para-hydroxylation sites is 2. The molecule has 1 heterocycles. The van der Waals surface area contributed by atoms with Gasteiger partial charge in [0, 0.05) is 25.1 Å². The monoisotopic (exact) mass is 427 g/mol. The molecule has 1 aromatic heterocycles. The molecular formula is C27H29N3O2. The lowest BCUT2D eigenvalue weighted by Gasteiger charge is -2.11. The third kappa shape index (κ3) is 5.55. The highest BCUT2D eigenvalue weighted by Crippen LogP contribution is 2.18. The molecule has 0 atom stereocenters. The summed E-state index contributed by atoms with van der Waals surface area (Å²) >= 11 is 0. The van der Waals surface area contributed by atoms with Gasteiger partial charge >= 0.3 is 0 Å². The number of hydrogen-bond donors (Lipinski definition) is 1. The lowest BCUT2D eigenvalue weighted by atomic mass is 10.2. The number of benzene rings is 3. The topological polar surface area (TPSA) is 56.1 Å². The van der Waals surface area contributed by atoms with Crippen molar-refractivity contribution in [3.05, 3.63) is 95.8 Å². The Kier molecular flexibility index (Phi) is 7.18. The Hall–Kier alpha value is -3.60. The van der Waals surface area contributed by atoms with Gasteiger partial charge in [-0.25, -0.2) is 4.98 Å². The first-order valence-electron chi connectivity index (χ1n) is 11.2. The number of imidazole rings is 1. The molecule has 0 saturated heterocycles. The number of aromatic nitrogens is 2. The molecule has 1 N–H and O–H groups in total. The number of rotatable bonds is 10. The lowest BCUT2D eigenvalue weighted by molar-refractivity contribution is 0.0954. The minimum atomic E-state index is -0.0542. The van der Waals surface area contributed by atoms with Crippen molar-refractivity contribution >= 4 is 16.9 Å². The predicted octanol–water partition coefficient (Wildman–Crippen LogP) is 5.18. The third-order valence-corrected chi connectivity index (χ3v) is 5.47. The van der Waals surface area contributed by atoms with Crippen molar-refractivity contribution < 1.29 is 9.53 Å². The van der Waals surface area contributed by atoms with E-state index in [0.29, 0.717) is 25.1 Å². The van der Waals surface area contributed by atoms with Gasteiger partial charge in [0.2, 0.25) is 0 Å². The first-order chi connectivity index (χ1) is 15.7. The van der Waals surface area contributed by atoms with E-state index in [1.54, 1.807) is 0 Å². The van der Waals surface area contributed by atoms with Crippen LogP contribution in [-0.2, 0) is 13.0 Å². The highest BCUT2D eigenvalue weighted by molar-refractivity contribution is 5.94. The van der Waals surface area contributed by atoms with Gasteiger partial charge in [0.05, 0.1) is 17.6 Å². The summed E-state index contributed by atoms with van der Waals surface area (Å²) in [4.78, 5) is 17.1. The third-order valence-electron chi connectivity index (χ3n) is 5.47. The van der Waals surface area contributed by atoms with Gasteiger partial charge in [-0.2, -0.15) is 0 Å². The van der Waals surface area contributed by atoms with Crippen LogP contribution in [0.3, 0.4) is 0 Å². The Bertz CT molecular complexity index is 1150. The minimum Gasteiger partial charge on any atom is -0.494 e. The van der Waals surface area contributed by atoms with Crippen molar-refractivity contribution in [3.8, 4) is 5.75 Å². The molecule has 0 radical (unpaired) electrons. The van der Waals surface area contributed by atoms with Crippen LogP contribution in [0.1, 0.15) is 34.6 Å². The first kappa shape index (κ1) is 21.6. The van der Waals surface area contributed by atoms with Crippen molar-refractivity contribution in [2.24, 2.45) is 0 Å². The normalized spacial score (nSPS) is 10.9. The average molecular weight is 428 g/mol. The summed E-state index contributed by atoms with van der Waals surface area (Å²) in [6.07, 6.45) is 2.65. The van der Waals surface area contributed by atoms with Crippen LogP contribution in [0.2, 0.25) is 0 Å². The number of carbonyl (C=O) groups excluding carboxylic acids is 1. The molecule has 0 saturated carbocycles. The first-order valence-corrected chi connectivity index (χ1v) is 11.2. The number of ether oxygens (including phenoxy) is 1. The van der Waals surface area contributed by atoms with Crippen LogP contribution in [0.4, 0.5) is 0 Å². The van der Waals surface area contributed by atoms with E-state index in [1.807, 2.05) is 60.7 Å². The molecule has 164 valence electrons. The van der Waals surface area contributed by atoms with Crippen LogP contribution in [-0.4, -0.2) is 28.6 Å². The van der Waals surface area contributed by atoms with E-state index in [4.69, 9.17) is 9.72 Å². The fraction of sp³-hybridized carbons (Fsp3) is 0.259. The summed E-state index contributed by atoms with van der Waals surface area (Å²) in [6.45, 7) is 4.19. The minimum absolute atomic E-state index is 0.0542. The molecule has 4 aromatic rings. The number of nitrogens with zero attached hydrogens (tertiary/aromatic N) is 2. The average Bonchev–Trinajstić information content (AvgIpc) is 3.18. The zero-order valence-corrected chi connectivity index (χ0v) is 18.5. The second kappa shape index (κ2) is 10.6. The Morgan fingerprint density at radius 2 is 1.69 bits per heavy atom. The number of amides is 1. The molecule has 0 aliphatic heterocycles. The van der Waals surface area contributed by atoms with E-state index in [1.165, 1.54) is 5.56 Å². The van der Waals surface area contributed by atoms with Crippen LogP contribution < -0.4 is 10.1 Å². The summed E-state index contributed by atoms with van der Waals surface area (Å²) in [6, 6.07) is 25.7. The van der Waals surface area contributed by atoms with Gasteiger partial charge in [0.15, 0.2) is 0 Å². The van der Waals surface area contributed by atoms with E-state index >= 15 is 0 Å². The largest absolute Gasteiger partial charge is 0.494 e. The van der Waals surface area contributed by atoms with Gasteiger partial charge in [-0.15, -0.1) is 0 Å². The predicted molar refractivity (Wildman–Crippen MR) is 128 cm³/mol. The van der Waals surface area contributed by atoms with Crippen molar-refractivity contribution in [2.75, 3.05) is 13.2 Å². The van der Waals surface area contributed by atoms with Crippen LogP contribution in [0, 0.1) is 6.92 Å². The quantitative estimate of drug-likeness (QED) is 0.355. The van der Waals surface area contributed by atoms with E-state index in [-0.39, 0.29) is 5.91 Å². The van der Waals surface area contributed by atoms with Crippen LogP contribution in [0.25, 0.3) is 11.0 Å². The van der Waals surface area contributed by atoms with Crippen molar-refractivity contribution in [3.63, 3.8) is 0 Å². The van der Waals surface area contributed by atoms with Gasteiger partial charge in [-0.3, -0.25) is 4.79 Å². The summed E-state index contributed by atoms with van der Waals surface area (Å²) in [5.74, 6) is 1.86. The molecule has 0 unspecified atom stereocenters. The number of unbranched alkanes of at least 4 members (excludes halogenated alkanes) is 1. The van der Waals surface area contributed by atoms with Crippen LogP contribution in [0.5, 0.6) is 5.75 Å². The maximum absolute atomic E-state index is 12.3. The van der Waals surface area contributed by atoms with Crippen LogP contribution in [0.15, 0.2) is 78.9 Å². The molecule has 5 heteroatoms. The van der Waals surface area contributed by atoms with Crippen molar-refractivity contribution in [2.45, 2.75) is 32.7 Å². The number of hydrogen-bond acceptors (Lipinski definition) is 3. The fourth-order valence-corrected chi connectivity index (χ4v) is 3.74. The molecule has 1 amide bonds. The Morgan fingerprint density at radius 3 is 2.50 bits per heavy atom. The zero-order chi connectivity index (χ0) is 22.2. The molecule has 5 nitrogen and oxygen atoms in total. The molecule has 0 fully saturated rings. The van der Waals surface area contributed by atoms with Crippen molar-refractivity contribution in [1.82, 2.24) is 14.9 Å². The van der Waals surface area contributed by atoms with Gasteiger partial charge < -0.3 is 14.6 Å². The van der Waals surface area contributed by atoms with E-state index in [9.17, 15) is 4.79 Å². The molecular weight excluding hydrogens is 398 g/mol. The maximum atomic E-state index is 12.3. The van der Waals surface area contributed by atoms with Crippen molar-refractivity contribution in [1.29, 1.82) is 0 Å². The Balaban J connectivity index is 1.32. The summed E-state index contributed by atoms with van der Waals surface area (Å²) in [5.41, 5.74) is 4.04. The van der Waals surface area contributed by atoms with Crippen LogP contribution >= 0.6 is 0 Å². The molecule has 0 aliphatic rings. The van der Waals surface area contributed by atoms with Gasteiger partial charge in [-0.1, -0.05) is 48.0 Å². The number of fused-ring (bicyclic) bond motifs is 1. The summed E-state index contributed by atoms with van der Waals surface area (Å²) in [5, 5.41) is 3.01. The smallest absolute Gasteiger partial charge is 0.251 e. The molecule has 4 rings (SSSR count). The van der Waals surface area contributed by atoms with E-state index in [2.05, 4.69) is 35.0 Å². The molecule has 0 spiro atoms. The fourth-order valence-electron chi connectivity index (χ4n) is 3.74. The molecule has 0 aliphatic carbocycles. The number of aryl methyl sites for hydroxylation is 2. The Labute approximate surface area is 189 Å². The molecule has 3 aromatic carbocycles. The second-order valence-electron chi connectivity index (χ2n) is 7.91. The van der Waals surface area contributed by atoms with E-state index in [0.717, 1.165) is 42.0 Å². The number of nitrogens with one attached hydrogen (secondary N) is 1. The van der Waals surface area contributed by atoms with Gasteiger partial charge in [0.1, 0.15) is 11.6 Å². The highest BCUT2D eigenvalue weighted by atomic mass is 16.5. The number of carbonyl (C=O) groups is 1. The summed E-state index contributed by atoms with van der Waals surface area (Å²) < 4.78 is 8.13. The molecule has 32 heavy (non-hydrogen) atoms. The molecule has 0 bridgehead atoms. The highest BCUT2D eigenvalue weighted by Gasteiger charge is 2.11. The summed E-state index contributed by atoms with van der Waals surface area (Å²) in [7, 11) is 0. The zero-order valence-electron chi connectivity index (χ0n) is 18.5. The van der Waals surface area contributed by atoms with E-state index < -0.39 is 0 Å². The SMILES string of the molecule is Cc1ccc(OCCCCn2c(CCNC(=O)c3ccccc3)nc3ccccc32)cc1. The second-order valence-corrected chi connectivity index (χ2v) is 7.91. The Morgan fingerprint density at radius 1 is 0.938 bits per heavy atom.